The summed E-state index contributed by atoms with van der Waals surface area (Å²) in [6, 6.07) is 5.42. The Morgan fingerprint density at radius 2 is 2.11 bits per heavy atom. The van der Waals surface area contributed by atoms with Crippen LogP contribution in [0.2, 0.25) is 0 Å². The Labute approximate surface area is 108 Å². The number of hydrogen-bond donors (Lipinski definition) is 2. The van der Waals surface area contributed by atoms with E-state index in [1.807, 2.05) is 30.9 Å². The van der Waals surface area contributed by atoms with Crippen LogP contribution >= 0.6 is 0 Å². The standard InChI is InChI=1S/C14H21NO3/c1-4-15(8-11(3)14(17)18)9-12-10(2)6-5-7-13(12)16/h5-7,11,16H,4,8-9H2,1-3H3,(H,17,18). The maximum Gasteiger partial charge on any atom is 0.307 e. The maximum atomic E-state index is 10.9. The highest BCUT2D eigenvalue weighted by atomic mass is 16.4. The van der Waals surface area contributed by atoms with Gasteiger partial charge < -0.3 is 10.2 Å². The molecule has 4 heteroatoms. The largest absolute Gasteiger partial charge is 0.508 e. The number of aryl methyl sites for hydroxylation is 1. The van der Waals surface area contributed by atoms with Crippen molar-refractivity contribution in [2.24, 2.45) is 5.92 Å². The average Bonchev–Trinajstić information content (AvgIpc) is 2.32. The number of benzene rings is 1. The molecule has 1 aromatic carbocycles. The lowest BCUT2D eigenvalue weighted by atomic mass is 10.1. The van der Waals surface area contributed by atoms with Crippen molar-refractivity contribution < 1.29 is 15.0 Å². The predicted molar refractivity (Wildman–Crippen MR) is 70.6 cm³/mol. The molecule has 0 heterocycles. The van der Waals surface area contributed by atoms with Crippen LogP contribution in [0.3, 0.4) is 0 Å². The molecule has 0 radical (unpaired) electrons. The van der Waals surface area contributed by atoms with Gasteiger partial charge in [-0.25, -0.2) is 0 Å². The molecule has 0 amide bonds. The molecule has 2 N–H and O–H groups in total. The average molecular weight is 251 g/mol. The van der Waals surface area contributed by atoms with Crippen LogP contribution in [0.4, 0.5) is 0 Å². The van der Waals surface area contributed by atoms with E-state index in [0.29, 0.717) is 13.1 Å². The Morgan fingerprint density at radius 3 is 2.61 bits per heavy atom. The molecule has 4 nitrogen and oxygen atoms in total. The molecular weight excluding hydrogens is 230 g/mol. The number of phenols is 1. The van der Waals surface area contributed by atoms with Gasteiger partial charge in [-0.15, -0.1) is 0 Å². The summed E-state index contributed by atoms with van der Waals surface area (Å²) in [5, 5.41) is 18.8. The lowest BCUT2D eigenvalue weighted by molar-refractivity contribution is -0.141. The molecule has 0 saturated carbocycles. The van der Waals surface area contributed by atoms with Crippen molar-refractivity contribution in [1.82, 2.24) is 4.90 Å². The summed E-state index contributed by atoms with van der Waals surface area (Å²) in [4.78, 5) is 12.9. The smallest absolute Gasteiger partial charge is 0.307 e. The topological polar surface area (TPSA) is 60.8 Å². The molecule has 1 atom stereocenters. The highest BCUT2D eigenvalue weighted by Gasteiger charge is 2.16. The molecule has 0 fully saturated rings. The number of carbonyl (C=O) groups is 1. The Hall–Kier alpha value is -1.55. The zero-order chi connectivity index (χ0) is 13.7. The number of aliphatic carboxylic acids is 1. The quantitative estimate of drug-likeness (QED) is 0.814. The van der Waals surface area contributed by atoms with Crippen LogP contribution in [0.1, 0.15) is 25.0 Å². The molecule has 100 valence electrons. The summed E-state index contributed by atoms with van der Waals surface area (Å²) in [5.41, 5.74) is 1.90. The van der Waals surface area contributed by atoms with Crippen molar-refractivity contribution >= 4 is 5.97 Å². The summed E-state index contributed by atoms with van der Waals surface area (Å²) < 4.78 is 0. The minimum Gasteiger partial charge on any atom is -0.508 e. The van der Waals surface area contributed by atoms with Gasteiger partial charge in [-0.3, -0.25) is 9.69 Å². The number of rotatable bonds is 6. The first kappa shape index (κ1) is 14.5. The molecule has 1 aromatic rings. The monoisotopic (exact) mass is 251 g/mol. The molecular formula is C14H21NO3. The van der Waals surface area contributed by atoms with E-state index >= 15 is 0 Å². The van der Waals surface area contributed by atoms with Crippen molar-refractivity contribution in [3.63, 3.8) is 0 Å². The molecule has 0 saturated heterocycles. The molecule has 0 spiro atoms. The van der Waals surface area contributed by atoms with Crippen molar-refractivity contribution in [1.29, 1.82) is 0 Å². The first-order valence-electron chi connectivity index (χ1n) is 6.18. The summed E-state index contributed by atoms with van der Waals surface area (Å²) in [7, 11) is 0. The lowest BCUT2D eigenvalue weighted by Gasteiger charge is -2.23. The van der Waals surface area contributed by atoms with E-state index in [1.165, 1.54) is 0 Å². The van der Waals surface area contributed by atoms with Crippen LogP contribution < -0.4 is 0 Å². The zero-order valence-electron chi connectivity index (χ0n) is 11.2. The van der Waals surface area contributed by atoms with Crippen LogP contribution in [0, 0.1) is 12.8 Å². The first-order chi connectivity index (χ1) is 8.45. The van der Waals surface area contributed by atoms with Gasteiger partial charge in [0.25, 0.3) is 0 Å². The fourth-order valence-corrected chi connectivity index (χ4v) is 1.89. The van der Waals surface area contributed by atoms with E-state index < -0.39 is 11.9 Å². The number of aromatic hydroxyl groups is 1. The van der Waals surface area contributed by atoms with Crippen molar-refractivity contribution in [3.8, 4) is 5.75 Å². The van der Waals surface area contributed by atoms with Crippen LogP contribution in [-0.2, 0) is 11.3 Å². The van der Waals surface area contributed by atoms with Gasteiger partial charge in [-0.2, -0.15) is 0 Å². The molecule has 0 aromatic heterocycles. The number of carboxylic acid groups (broad SMARTS) is 1. The molecule has 1 unspecified atom stereocenters. The SMILES string of the molecule is CCN(Cc1c(C)cccc1O)CC(C)C(=O)O. The fourth-order valence-electron chi connectivity index (χ4n) is 1.89. The van der Waals surface area contributed by atoms with Gasteiger partial charge in [0.05, 0.1) is 5.92 Å². The molecule has 18 heavy (non-hydrogen) atoms. The molecule has 0 bridgehead atoms. The minimum absolute atomic E-state index is 0.274. The van der Waals surface area contributed by atoms with Crippen LogP contribution in [0.5, 0.6) is 5.75 Å². The molecule has 0 aliphatic carbocycles. The second-order valence-electron chi connectivity index (χ2n) is 4.64. The summed E-state index contributed by atoms with van der Waals surface area (Å²) >= 11 is 0. The third kappa shape index (κ3) is 3.74. The highest BCUT2D eigenvalue weighted by molar-refractivity contribution is 5.69. The molecule has 0 aliphatic rings. The van der Waals surface area contributed by atoms with Crippen molar-refractivity contribution in [3.05, 3.63) is 29.3 Å². The van der Waals surface area contributed by atoms with E-state index in [4.69, 9.17) is 5.11 Å². The third-order valence-corrected chi connectivity index (χ3v) is 3.17. The molecule has 0 aliphatic heterocycles. The number of phenolic OH excluding ortho intramolecular Hbond substituents is 1. The minimum atomic E-state index is -0.789. The Morgan fingerprint density at radius 1 is 1.44 bits per heavy atom. The number of carboxylic acids is 1. The summed E-state index contributed by atoms with van der Waals surface area (Å²) in [5.74, 6) is -0.921. The van der Waals surface area contributed by atoms with Crippen molar-refractivity contribution in [2.75, 3.05) is 13.1 Å². The zero-order valence-corrected chi connectivity index (χ0v) is 11.2. The highest BCUT2D eigenvalue weighted by Crippen LogP contribution is 2.22. The third-order valence-electron chi connectivity index (χ3n) is 3.17. The predicted octanol–water partition coefficient (Wildman–Crippen LogP) is 2.24. The van der Waals surface area contributed by atoms with Gasteiger partial charge in [0, 0.05) is 18.7 Å². The number of nitrogens with zero attached hydrogens (tertiary/aromatic N) is 1. The normalized spacial score (nSPS) is 12.7. The second kappa shape index (κ2) is 6.40. The fraction of sp³-hybridized carbons (Fsp3) is 0.500. The van der Waals surface area contributed by atoms with Gasteiger partial charge in [-0.05, 0) is 25.1 Å². The van der Waals surface area contributed by atoms with Crippen LogP contribution in [0.25, 0.3) is 0 Å². The Balaban J connectivity index is 2.77. The summed E-state index contributed by atoms with van der Waals surface area (Å²) in [6.45, 7) is 7.45. The molecule has 1 rings (SSSR count). The van der Waals surface area contributed by atoms with E-state index in [9.17, 15) is 9.90 Å². The first-order valence-corrected chi connectivity index (χ1v) is 6.18. The van der Waals surface area contributed by atoms with E-state index in [0.717, 1.165) is 17.7 Å². The van der Waals surface area contributed by atoms with Crippen LogP contribution in [0.15, 0.2) is 18.2 Å². The number of hydrogen-bond acceptors (Lipinski definition) is 3. The van der Waals surface area contributed by atoms with Crippen LogP contribution in [-0.4, -0.2) is 34.2 Å². The van der Waals surface area contributed by atoms with E-state index in [2.05, 4.69) is 0 Å². The van der Waals surface area contributed by atoms with Gasteiger partial charge >= 0.3 is 5.97 Å². The van der Waals surface area contributed by atoms with Crippen molar-refractivity contribution in [2.45, 2.75) is 27.3 Å². The van der Waals surface area contributed by atoms with Gasteiger partial charge in [-0.1, -0.05) is 26.0 Å². The van der Waals surface area contributed by atoms with Gasteiger partial charge in [0.2, 0.25) is 0 Å². The van der Waals surface area contributed by atoms with E-state index in [1.54, 1.807) is 13.0 Å². The van der Waals surface area contributed by atoms with Gasteiger partial charge in [0.15, 0.2) is 0 Å². The van der Waals surface area contributed by atoms with E-state index in [-0.39, 0.29) is 5.75 Å². The maximum absolute atomic E-state index is 10.9. The lowest BCUT2D eigenvalue weighted by Crippen LogP contribution is -2.31. The second-order valence-corrected chi connectivity index (χ2v) is 4.64. The summed E-state index contributed by atoms with van der Waals surface area (Å²) in [6.07, 6.45) is 0. The Kier molecular flexibility index (Phi) is 5.16. The Bertz CT molecular complexity index is 397. The van der Waals surface area contributed by atoms with Gasteiger partial charge in [0.1, 0.15) is 5.75 Å².